The minimum atomic E-state index is -0.173. The molecule has 0 heterocycles. The standard InChI is InChI=1S/C16H17ClFN/c1-10-5-7-14(9-15(10)17)19-12(3)13-6-4-11(2)16(18)8-13/h4-9,12,19H,1-3H3. The molecule has 0 radical (unpaired) electrons. The fourth-order valence-electron chi connectivity index (χ4n) is 1.89. The van der Waals surface area contributed by atoms with Crippen molar-refractivity contribution in [2.24, 2.45) is 0 Å². The molecule has 0 aromatic heterocycles. The van der Waals surface area contributed by atoms with Crippen molar-refractivity contribution >= 4 is 17.3 Å². The van der Waals surface area contributed by atoms with Crippen LogP contribution in [0.25, 0.3) is 0 Å². The van der Waals surface area contributed by atoms with Crippen LogP contribution in [0.3, 0.4) is 0 Å². The van der Waals surface area contributed by atoms with Gasteiger partial charge in [-0.25, -0.2) is 4.39 Å². The summed E-state index contributed by atoms with van der Waals surface area (Å²) in [7, 11) is 0. The van der Waals surface area contributed by atoms with Crippen LogP contribution in [0.2, 0.25) is 5.02 Å². The van der Waals surface area contributed by atoms with Gasteiger partial charge >= 0.3 is 0 Å². The zero-order valence-electron chi connectivity index (χ0n) is 11.3. The minimum Gasteiger partial charge on any atom is -0.378 e. The molecule has 0 fully saturated rings. The lowest BCUT2D eigenvalue weighted by atomic mass is 10.1. The third kappa shape index (κ3) is 3.27. The number of anilines is 1. The highest BCUT2D eigenvalue weighted by Crippen LogP contribution is 2.24. The van der Waals surface area contributed by atoms with Crippen LogP contribution in [-0.2, 0) is 0 Å². The molecule has 1 atom stereocenters. The van der Waals surface area contributed by atoms with Crippen molar-refractivity contribution in [3.05, 3.63) is 63.9 Å². The first-order valence-electron chi connectivity index (χ1n) is 6.26. The highest BCUT2D eigenvalue weighted by Gasteiger charge is 2.08. The Balaban J connectivity index is 2.17. The SMILES string of the molecule is Cc1ccc(C(C)Nc2ccc(C)c(Cl)c2)cc1F. The molecule has 2 rings (SSSR count). The second kappa shape index (κ2) is 5.62. The van der Waals surface area contributed by atoms with Crippen LogP contribution in [0, 0.1) is 19.7 Å². The molecule has 2 aromatic carbocycles. The molecule has 0 aliphatic rings. The third-order valence-electron chi connectivity index (χ3n) is 3.25. The number of hydrogen-bond donors (Lipinski definition) is 1. The van der Waals surface area contributed by atoms with Gasteiger partial charge in [0.2, 0.25) is 0 Å². The summed E-state index contributed by atoms with van der Waals surface area (Å²) in [5, 5.41) is 4.05. The summed E-state index contributed by atoms with van der Waals surface area (Å²) in [6, 6.07) is 11.2. The van der Waals surface area contributed by atoms with Gasteiger partial charge in [-0.05, 0) is 55.7 Å². The predicted octanol–water partition coefficient (Wildman–Crippen LogP) is 5.27. The first kappa shape index (κ1) is 13.9. The monoisotopic (exact) mass is 277 g/mol. The number of rotatable bonds is 3. The first-order chi connectivity index (χ1) is 8.97. The second-order valence-electron chi connectivity index (χ2n) is 4.84. The molecule has 100 valence electrons. The molecule has 3 heteroatoms. The summed E-state index contributed by atoms with van der Waals surface area (Å²) >= 11 is 6.09. The number of nitrogens with one attached hydrogen (secondary N) is 1. The molecule has 0 saturated carbocycles. The van der Waals surface area contributed by atoms with Gasteiger partial charge in [-0.2, -0.15) is 0 Å². The van der Waals surface area contributed by atoms with Crippen LogP contribution < -0.4 is 5.32 Å². The van der Waals surface area contributed by atoms with Crippen molar-refractivity contribution in [3.8, 4) is 0 Å². The lowest BCUT2D eigenvalue weighted by molar-refractivity contribution is 0.614. The summed E-state index contributed by atoms with van der Waals surface area (Å²) in [4.78, 5) is 0. The molecular weight excluding hydrogens is 261 g/mol. The zero-order valence-corrected chi connectivity index (χ0v) is 12.1. The van der Waals surface area contributed by atoms with Gasteiger partial charge in [-0.1, -0.05) is 29.8 Å². The maximum Gasteiger partial charge on any atom is 0.126 e. The van der Waals surface area contributed by atoms with E-state index in [0.717, 1.165) is 21.8 Å². The predicted molar refractivity (Wildman–Crippen MR) is 79.4 cm³/mol. The zero-order chi connectivity index (χ0) is 14.0. The van der Waals surface area contributed by atoms with Crippen molar-refractivity contribution in [2.45, 2.75) is 26.8 Å². The van der Waals surface area contributed by atoms with Gasteiger partial charge in [0, 0.05) is 16.8 Å². The average molecular weight is 278 g/mol. The molecule has 1 N–H and O–H groups in total. The van der Waals surface area contributed by atoms with Gasteiger partial charge in [-0.3, -0.25) is 0 Å². The quantitative estimate of drug-likeness (QED) is 0.806. The molecular formula is C16H17ClFN. The fraction of sp³-hybridized carbons (Fsp3) is 0.250. The van der Waals surface area contributed by atoms with E-state index in [2.05, 4.69) is 5.32 Å². The van der Waals surface area contributed by atoms with E-state index in [1.165, 1.54) is 0 Å². The van der Waals surface area contributed by atoms with E-state index in [9.17, 15) is 4.39 Å². The van der Waals surface area contributed by atoms with E-state index in [1.54, 1.807) is 19.1 Å². The van der Waals surface area contributed by atoms with E-state index in [1.807, 2.05) is 38.1 Å². The lowest BCUT2D eigenvalue weighted by Crippen LogP contribution is -2.07. The van der Waals surface area contributed by atoms with Crippen molar-refractivity contribution in [1.82, 2.24) is 0 Å². The van der Waals surface area contributed by atoms with Crippen LogP contribution >= 0.6 is 11.6 Å². The summed E-state index contributed by atoms with van der Waals surface area (Å²) in [5.74, 6) is -0.173. The normalized spacial score (nSPS) is 12.3. The number of halogens is 2. The second-order valence-corrected chi connectivity index (χ2v) is 5.25. The van der Waals surface area contributed by atoms with Crippen molar-refractivity contribution in [3.63, 3.8) is 0 Å². The molecule has 1 unspecified atom stereocenters. The molecule has 1 nitrogen and oxygen atoms in total. The Bertz CT molecular complexity index is 595. The van der Waals surface area contributed by atoms with E-state index < -0.39 is 0 Å². The van der Waals surface area contributed by atoms with Gasteiger partial charge in [-0.15, -0.1) is 0 Å². The highest BCUT2D eigenvalue weighted by molar-refractivity contribution is 6.31. The van der Waals surface area contributed by atoms with Gasteiger partial charge < -0.3 is 5.32 Å². The Morgan fingerprint density at radius 1 is 1.05 bits per heavy atom. The number of benzene rings is 2. The summed E-state index contributed by atoms with van der Waals surface area (Å²) in [6.45, 7) is 5.72. The van der Waals surface area contributed by atoms with Crippen molar-refractivity contribution in [2.75, 3.05) is 5.32 Å². The summed E-state index contributed by atoms with van der Waals surface area (Å²) < 4.78 is 13.5. The van der Waals surface area contributed by atoms with E-state index >= 15 is 0 Å². The largest absolute Gasteiger partial charge is 0.378 e. The molecule has 0 aliphatic heterocycles. The van der Waals surface area contributed by atoms with E-state index in [4.69, 9.17) is 11.6 Å². The Hall–Kier alpha value is -1.54. The van der Waals surface area contributed by atoms with Crippen molar-refractivity contribution < 1.29 is 4.39 Å². The Morgan fingerprint density at radius 2 is 1.74 bits per heavy atom. The van der Waals surface area contributed by atoms with Crippen molar-refractivity contribution in [1.29, 1.82) is 0 Å². The highest BCUT2D eigenvalue weighted by atomic mass is 35.5. The molecule has 2 aromatic rings. The number of hydrogen-bond acceptors (Lipinski definition) is 1. The third-order valence-corrected chi connectivity index (χ3v) is 3.66. The minimum absolute atomic E-state index is 0.0221. The number of aryl methyl sites for hydroxylation is 2. The Morgan fingerprint density at radius 3 is 2.37 bits per heavy atom. The molecule has 19 heavy (non-hydrogen) atoms. The molecule has 0 aliphatic carbocycles. The smallest absolute Gasteiger partial charge is 0.126 e. The summed E-state index contributed by atoms with van der Waals surface area (Å²) in [6.07, 6.45) is 0. The van der Waals surface area contributed by atoms with Crippen LogP contribution in [0.15, 0.2) is 36.4 Å². The van der Waals surface area contributed by atoms with E-state index in [0.29, 0.717) is 5.56 Å². The topological polar surface area (TPSA) is 12.0 Å². The summed E-state index contributed by atoms with van der Waals surface area (Å²) in [5.41, 5.74) is 3.56. The maximum absolute atomic E-state index is 13.5. The Labute approximate surface area is 118 Å². The van der Waals surface area contributed by atoms with Gasteiger partial charge in [0.15, 0.2) is 0 Å². The van der Waals surface area contributed by atoms with Gasteiger partial charge in [0.05, 0.1) is 0 Å². The van der Waals surface area contributed by atoms with Crippen LogP contribution in [-0.4, -0.2) is 0 Å². The fourth-order valence-corrected chi connectivity index (χ4v) is 2.07. The first-order valence-corrected chi connectivity index (χ1v) is 6.64. The molecule has 0 spiro atoms. The van der Waals surface area contributed by atoms with E-state index in [-0.39, 0.29) is 11.9 Å². The maximum atomic E-state index is 13.5. The van der Waals surface area contributed by atoms with Gasteiger partial charge in [0.1, 0.15) is 5.82 Å². The Kier molecular flexibility index (Phi) is 4.11. The van der Waals surface area contributed by atoms with Gasteiger partial charge in [0.25, 0.3) is 0 Å². The molecule has 0 bridgehead atoms. The van der Waals surface area contributed by atoms with Crippen LogP contribution in [0.5, 0.6) is 0 Å². The lowest BCUT2D eigenvalue weighted by Gasteiger charge is -2.17. The van der Waals surface area contributed by atoms with Crippen LogP contribution in [0.4, 0.5) is 10.1 Å². The van der Waals surface area contributed by atoms with Crippen LogP contribution in [0.1, 0.15) is 29.7 Å². The molecule has 0 amide bonds. The average Bonchev–Trinajstić information content (AvgIpc) is 2.37. The molecule has 0 saturated heterocycles.